The van der Waals surface area contributed by atoms with Crippen LogP contribution in [-0.4, -0.2) is 47.0 Å². The minimum atomic E-state index is -0.302. The molecule has 0 atom stereocenters. The molecule has 9 nitrogen and oxygen atoms in total. The first-order valence-corrected chi connectivity index (χ1v) is 10.2. The second-order valence-electron chi connectivity index (χ2n) is 7.47. The molecule has 4 N–H and O–H groups in total. The maximum Gasteiger partial charge on any atom is 0.269 e. The van der Waals surface area contributed by atoms with Crippen molar-refractivity contribution < 1.29 is 4.79 Å². The van der Waals surface area contributed by atoms with Crippen LogP contribution in [0.25, 0.3) is 0 Å². The number of nitrogens with two attached hydrogens (primary N) is 1. The van der Waals surface area contributed by atoms with E-state index in [1.165, 1.54) is 23.1 Å². The third-order valence-electron chi connectivity index (χ3n) is 5.60. The highest BCUT2D eigenvalue weighted by atomic mass is 16.2. The van der Waals surface area contributed by atoms with E-state index in [0.29, 0.717) is 22.9 Å². The van der Waals surface area contributed by atoms with Crippen LogP contribution < -0.4 is 26.4 Å². The van der Waals surface area contributed by atoms with Gasteiger partial charge >= 0.3 is 0 Å². The second-order valence-corrected chi connectivity index (χ2v) is 7.47. The first kappa shape index (κ1) is 20.4. The molecule has 4 rings (SSSR count). The van der Waals surface area contributed by atoms with Gasteiger partial charge in [0.25, 0.3) is 5.91 Å². The van der Waals surface area contributed by atoms with E-state index in [1.54, 1.807) is 24.5 Å². The Morgan fingerprint density at radius 2 is 1.71 bits per heavy atom. The molecule has 0 unspecified atom stereocenters. The average Bonchev–Trinajstić information content (AvgIpc) is 2.81. The zero-order chi connectivity index (χ0) is 21.8. The van der Waals surface area contributed by atoms with Gasteiger partial charge in [0.05, 0.1) is 0 Å². The van der Waals surface area contributed by atoms with Crippen molar-refractivity contribution in [2.24, 2.45) is 0 Å². The molecule has 1 amide bonds. The quantitative estimate of drug-likeness (QED) is 0.541. The number of carbonyl (C=O) groups is 1. The Kier molecular flexibility index (Phi) is 5.83. The Morgan fingerprint density at radius 1 is 1.00 bits per heavy atom. The molecular weight excluding hydrogens is 392 g/mol. The number of nitrogen functional groups attached to an aromatic ring is 1. The van der Waals surface area contributed by atoms with Gasteiger partial charge in [-0.1, -0.05) is 12.1 Å². The van der Waals surface area contributed by atoms with Crippen LogP contribution >= 0.6 is 0 Å². The molecule has 31 heavy (non-hydrogen) atoms. The van der Waals surface area contributed by atoms with Crippen LogP contribution in [0, 0.1) is 13.8 Å². The van der Waals surface area contributed by atoms with Crippen molar-refractivity contribution in [2.45, 2.75) is 13.8 Å². The van der Waals surface area contributed by atoms with E-state index in [-0.39, 0.29) is 5.91 Å². The molecule has 0 spiro atoms. The Morgan fingerprint density at radius 3 is 2.45 bits per heavy atom. The summed E-state index contributed by atoms with van der Waals surface area (Å²) < 4.78 is 0. The van der Waals surface area contributed by atoms with Crippen molar-refractivity contribution in [1.82, 2.24) is 20.4 Å². The van der Waals surface area contributed by atoms with Crippen LogP contribution in [0.3, 0.4) is 0 Å². The summed E-state index contributed by atoms with van der Waals surface area (Å²) in [6.07, 6.45) is 4.57. The number of pyridine rings is 1. The number of nitrogens with one attached hydrogen (secondary N) is 2. The van der Waals surface area contributed by atoms with Gasteiger partial charge in [-0.3, -0.25) is 20.6 Å². The normalized spacial score (nSPS) is 13.7. The predicted octanol–water partition coefficient (Wildman–Crippen LogP) is 2.15. The lowest BCUT2D eigenvalue weighted by molar-refractivity contribution is 0.0962. The van der Waals surface area contributed by atoms with Crippen molar-refractivity contribution in [3.05, 3.63) is 65.7 Å². The molecule has 160 valence electrons. The molecule has 1 aliphatic rings. The van der Waals surface area contributed by atoms with E-state index in [2.05, 4.69) is 67.6 Å². The molecular formula is C22H26N8O. The minimum Gasteiger partial charge on any atom is -0.393 e. The second kappa shape index (κ2) is 8.86. The van der Waals surface area contributed by atoms with Gasteiger partial charge in [0.15, 0.2) is 11.6 Å². The fourth-order valence-corrected chi connectivity index (χ4v) is 3.67. The summed E-state index contributed by atoms with van der Waals surface area (Å²) in [5, 5.41) is 0. The predicted molar refractivity (Wildman–Crippen MR) is 122 cm³/mol. The van der Waals surface area contributed by atoms with Gasteiger partial charge in [-0.15, -0.1) is 0 Å². The fourth-order valence-electron chi connectivity index (χ4n) is 3.67. The van der Waals surface area contributed by atoms with Crippen LogP contribution in [0.1, 0.15) is 21.5 Å². The number of hydrogen-bond acceptors (Lipinski definition) is 8. The van der Waals surface area contributed by atoms with Crippen molar-refractivity contribution in [3.63, 3.8) is 0 Å². The Hall–Kier alpha value is -3.88. The number of benzene rings is 1. The SMILES string of the molecule is Cc1cccc(N2CCN(c3ncnc(NNC(=O)c4ccncc4)c3N)CC2)c1C. The van der Waals surface area contributed by atoms with Gasteiger partial charge < -0.3 is 15.5 Å². The van der Waals surface area contributed by atoms with Gasteiger partial charge in [0.2, 0.25) is 0 Å². The van der Waals surface area contributed by atoms with Crippen molar-refractivity contribution >= 4 is 28.9 Å². The first-order chi connectivity index (χ1) is 15.0. The molecule has 0 saturated carbocycles. The molecule has 0 aliphatic carbocycles. The van der Waals surface area contributed by atoms with E-state index >= 15 is 0 Å². The number of carbonyl (C=O) groups excluding carboxylic acids is 1. The monoisotopic (exact) mass is 418 g/mol. The largest absolute Gasteiger partial charge is 0.393 e. The number of piperazine rings is 1. The molecule has 3 aromatic rings. The van der Waals surface area contributed by atoms with Gasteiger partial charge in [-0.05, 0) is 43.2 Å². The Bertz CT molecular complexity index is 1060. The smallest absolute Gasteiger partial charge is 0.269 e. The van der Waals surface area contributed by atoms with Crippen LogP contribution in [0.4, 0.5) is 23.0 Å². The zero-order valence-electron chi connectivity index (χ0n) is 17.7. The third kappa shape index (κ3) is 4.35. The molecule has 1 aromatic carbocycles. The van der Waals surface area contributed by atoms with E-state index < -0.39 is 0 Å². The highest BCUT2D eigenvalue weighted by Gasteiger charge is 2.22. The molecule has 3 heterocycles. The molecule has 2 aromatic heterocycles. The number of anilines is 4. The topological polar surface area (TPSA) is 112 Å². The molecule has 1 saturated heterocycles. The number of hydrogen-bond donors (Lipinski definition) is 3. The fraction of sp³-hybridized carbons (Fsp3) is 0.273. The van der Waals surface area contributed by atoms with Crippen molar-refractivity contribution in [1.29, 1.82) is 0 Å². The number of aryl methyl sites for hydroxylation is 1. The summed E-state index contributed by atoms with van der Waals surface area (Å²) >= 11 is 0. The van der Waals surface area contributed by atoms with E-state index in [9.17, 15) is 4.79 Å². The average molecular weight is 419 g/mol. The number of amides is 1. The molecule has 9 heteroatoms. The molecule has 0 radical (unpaired) electrons. The van der Waals surface area contributed by atoms with Gasteiger partial charge in [-0.25, -0.2) is 9.97 Å². The molecule has 0 bridgehead atoms. The summed E-state index contributed by atoms with van der Waals surface area (Å²) in [7, 11) is 0. The standard InChI is InChI=1S/C22H26N8O/c1-15-4-3-5-18(16(15)2)29-10-12-30(13-11-29)21-19(23)20(25-14-26-21)27-28-22(31)17-6-8-24-9-7-17/h3-9,14H,10-13,23H2,1-2H3,(H,28,31)(H,25,26,27). The lowest BCUT2D eigenvalue weighted by atomic mass is 10.1. The maximum atomic E-state index is 12.2. The maximum absolute atomic E-state index is 12.2. The minimum absolute atomic E-state index is 0.302. The number of nitrogens with zero attached hydrogens (tertiary/aromatic N) is 5. The van der Waals surface area contributed by atoms with Crippen LogP contribution in [0.2, 0.25) is 0 Å². The number of hydrazine groups is 1. The zero-order valence-corrected chi connectivity index (χ0v) is 17.7. The summed E-state index contributed by atoms with van der Waals surface area (Å²) in [6.45, 7) is 7.62. The lowest BCUT2D eigenvalue weighted by Gasteiger charge is -2.38. The van der Waals surface area contributed by atoms with Gasteiger partial charge in [0, 0.05) is 49.8 Å². The summed E-state index contributed by atoms with van der Waals surface area (Å²) in [6, 6.07) is 9.66. The van der Waals surface area contributed by atoms with Crippen molar-refractivity contribution in [3.8, 4) is 0 Å². The van der Waals surface area contributed by atoms with E-state index in [0.717, 1.165) is 26.2 Å². The summed E-state index contributed by atoms with van der Waals surface area (Å²) in [5.41, 5.74) is 16.5. The summed E-state index contributed by atoms with van der Waals surface area (Å²) in [4.78, 5) is 29.2. The molecule has 1 fully saturated rings. The highest BCUT2D eigenvalue weighted by molar-refractivity contribution is 5.95. The van der Waals surface area contributed by atoms with Gasteiger partial charge in [0.1, 0.15) is 12.0 Å². The number of aromatic nitrogens is 3. The first-order valence-electron chi connectivity index (χ1n) is 10.2. The lowest BCUT2D eigenvalue weighted by Crippen LogP contribution is -2.47. The Labute approximate surface area is 181 Å². The summed E-state index contributed by atoms with van der Waals surface area (Å²) in [5.74, 6) is 0.727. The Balaban J connectivity index is 1.42. The molecule has 1 aliphatic heterocycles. The van der Waals surface area contributed by atoms with E-state index in [4.69, 9.17) is 5.73 Å². The van der Waals surface area contributed by atoms with E-state index in [1.807, 2.05) is 0 Å². The van der Waals surface area contributed by atoms with Crippen LogP contribution in [0.15, 0.2) is 49.1 Å². The third-order valence-corrected chi connectivity index (χ3v) is 5.60. The highest BCUT2D eigenvalue weighted by Crippen LogP contribution is 2.29. The van der Waals surface area contributed by atoms with Crippen molar-refractivity contribution in [2.75, 3.05) is 47.1 Å². The van der Waals surface area contributed by atoms with Gasteiger partial charge in [-0.2, -0.15) is 0 Å². The van der Waals surface area contributed by atoms with Crippen LogP contribution in [-0.2, 0) is 0 Å². The van der Waals surface area contributed by atoms with Crippen LogP contribution in [0.5, 0.6) is 0 Å². The number of rotatable bonds is 5.